The number of hydrogen-bond donors (Lipinski definition) is 0. The molecule has 6 nitrogen and oxygen atoms in total. The zero-order valence-electron chi connectivity index (χ0n) is 19.5. The van der Waals surface area contributed by atoms with Gasteiger partial charge in [-0.05, 0) is 74.5 Å². The van der Waals surface area contributed by atoms with E-state index in [1.165, 1.54) is 60.7 Å². The Balaban J connectivity index is 1.69. The topological polar surface area (TPSA) is 86.7 Å². The van der Waals surface area contributed by atoms with Gasteiger partial charge in [-0.25, -0.2) is 0 Å². The van der Waals surface area contributed by atoms with Gasteiger partial charge in [0.1, 0.15) is 9.79 Å². The molecule has 0 aliphatic heterocycles. The summed E-state index contributed by atoms with van der Waals surface area (Å²) in [6, 6.07) is 21.3. The molecule has 0 aromatic heterocycles. The van der Waals surface area contributed by atoms with Gasteiger partial charge in [-0.3, -0.25) is 0 Å². The van der Waals surface area contributed by atoms with Gasteiger partial charge in [0.05, 0.1) is 9.79 Å². The molecule has 0 atom stereocenters. The lowest BCUT2D eigenvalue weighted by Crippen LogP contribution is -2.11. The summed E-state index contributed by atoms with van der Waals surface area (Å²) >= 11 is 13.4. The molecule has 0 heterocycles. The average molecular weight is 596 g/mol. The second-order valence-electron chi connectivity index (χ2n) is 7.99. The molecule has 0 fully saturated rings. The first-order valence-corrected chi connectivity index (χ1v) is 15.1. The third kappa shape index (κ3) is 6.80. The first kappa shape index (κ1) is 27.3. The largest absolute Gasteiger partial charge is 0.378 e. The Morgan fingerprint density at radius 1 is 0.568 bits per heavy atom. The van der Waals surface area contributed by atoms with E-state index in [9.17, 15) is 16.8 Å². The van der Waals surface area contributed by atoms with Crippen LogP contribution in [0.4, 0.5) is 0 Å². The van der Waals surface area contributed by atoms with Crippen molar-refractivity contribution in [3.8, 4) is 11.5 Å². The molecule has 0 amide bonds. The molecule has 4 rings (SSSR count). The molecule has 0 saturated carbocycles. The smallest absolute Gasteiger partial charge is 0.339 e. The van der Waals surface area contributed by atoms with E-state index >= 15 is 0 Å². The van der Waals surface area contributed by atoms with Gasteiger partial charge >= 0.3 is 20.2 Å². The standard InChI is InChI=1S/C26H20Cl2O6S3/c1-17-3-9-21(10-4-17)36(29,30)33-23-13-7-19(27)15-25(23)35-26-16-20(28)8-14-24(26)34-37(31,32)22-11-5-18(2)6-12-22/h3-16H,1-2H3. The lowest BCUT2D eigenvalue weighted by atomic mass is 10.2. The fourth-order valence-electron chi connectivity index (χ4n) is 3.12. The molecule has 0 unspecified atom stereocenters. The van der Waals surface area contributed by atoms with Crippen molar-refractivity contribution in [3.63, 3.8) is 0 Å². The van der Waals surface area contributed by atoms with E-state index in [2.05, 4.69) is 0 Å². The zero-order valence-corrected chi connectivity index (χ0v) is 23.5. The van der Waals surface area contributed by atoms with Gasteiger partial charge in [0.25, 0.3) is 0 Å². The van der Waals surface area contributed by atoms with Gasteiger partial charge in [-0.2, -0.15) is 16.8 Å². The molecule has 0 saturated heterocycles. The second kappa shape index (κ2) is 11.0. The third-order valence-electron chi connectivity index (χ3n) is 5.05. The molecular weight excluding hydrogens is 575 g/mol. The van der Waals surface area contributed by atoms with Gasteiger partial charge < -0.3 is 8.37 Å². The predicted molar refractivity (Wildman–Crippen MR) is 145 cm³/mol. The first-order chi connectivity index (χ1) is 17.4. The number of rotatable bonds is 8. The van der Waals surface area contributed by atoms with E-state index in [4.69, 9.17) is 31.6 Å². The van der Waals surface area contributed by atoms with Gasteiger partial charge in [0.2, 0.25) is 0 Å². The van der Waals surface area contributed by atoms with Crippen LogP contribution in [0.15, 0.2) is 105 Å². The summed E-state index contributed by atoms with van der Waals surface area (Å²) in [6.07, 6.45) is 0. The molecule has 0 aliphatic carbocycles. The van der Waals surface area contributed by atoms with Crippen LogP contribution in [0.25, 0.3) is 0 Å². The Labute approximate surface area is 230 Å². The van der Waals surface area contributed by atoms with E-state index < -0.39 is 20.2 Å². The van der Waals surface area contributed by atoms with Crippen LogP contribution in [0.2, 0.25) is 10.0 Å². The third-order valence-corrected chi connectivity index (χ3v) is 9.09. The lowest BCUT2D eigenvalue weighted by molar-refractivity contribution is 0.480. The molecule has 4 aromatic rings. The van der Waals surface area contributed by atoms with E-state index in [0.717, 1.165) is 22.9 Å². The van der Waals surface area contributed by atoms with Crippen LogP contribution in [-0.2, 0) is 20.2 Å². The summed E-state index contributed by atoms with van der Waals surface area (Å²) in [6.45, 7) is 3.68. The van der Waals surface area contributed by atoms with Crippen molar-refractivity contribution in [1.82, 2.24) is 0 Å². The van der Waals surface area contributed by atoms with E-state index in [1.807, 2.05) is 13.8 Å². The maximum atomic E-state index is 12.9. The van der Waals surface area contributed by atoms with Gasteiger partial charge in [-0.15, -0.1) is 0 Å². The van der Waals surface area contributed by atoms with Gasteiger partial charge in [0.15, 0.2) is 11.5 Å². The fourth-order valence-corrected chi connectivity index (χ4v) is 6.63. The Morgan fingerprint density at radius 2 is 0.919 bits per heavy atom. The van der Waals surface area contributed by atoms with E-state index in [0.29, 0.717) is 19.8 Å². The molecule has 4 aromatic carbocycles. The molecular formula is C26H20Cl2O6S3. The summed E-state index contributed by atoms with van der Waals surface area (Å²) in [4.78, 5) is 0.589. The number of hydrogen-bond acceptors (Lipinski definition) is 7. The van der Waals surface area contributed by atoms with Crippen molar-refractivity contribution in [2.45, 2.75) is 33.4 Å². The summed E-state index contributed by atoms with van der Waals surface area (Å²) in [5, 5.41) is 0.638. The normalized spacial score (nSPS) is 11.8. The van der Waals surface area contributed by atoms with Crippen LogP contribution in [0, 0.1) is 13.8 Å². The monoisotopic (exact) mass is 594 g/mol. The highest BCUT2D eigenvalue weighted by atomic mass is 35.5. The average Bonchev–Trinajstić information content (AvgIpc) is 2.83. The summed E-state index contributed by atoms with van der Waals surface area (Å²) in [7, 11) is -8.31. The minimum atomic E-state index is -4.15. The summed E-state index contributed by atoms with van der Waals surface area (Å²) in [5.74, 6) is 0.00424. The second-order valence-corrected chi connectivity index (χ2v) is 13.0. The molecule has 0 N–H and O–H groups in total. The maximum Gasteiger partial charge on any atom is 0.339 e. The van der Waals surface area contributed by atoms with E-state index in [1.54, 1.807) is 24.3 Å². The zero-order chi connectivity index (χ0) is 26.8. The van der Waals surface area contributed by atoms with Crippen molar-refractivity contribution in [2.24, 2.45) is 0 Å². The SMILES string of the molecule is Cc1ccc(S(=O)(=O)Oc2ccc(Cl)cc2Sc2cc(Cl)ccc2OS(=O)(=O)c2ccc(C)cc2)cc1. The minimum Gasteiger partial charge on any atom is -0.378 e. The highest BCUT2D eigenvalue weighted by Crippen LogP contribution is 2.43. The highest BCUT2D eigenvalue weighted by molar-refractivity contribution is 7.99. The van der Waals surface area contributed by atoms with Crippen LogP contribution in [-0.4, -0.2) is 16.8 Å². The van der Waals surface area contributed by atoms with Crippen molar-refractivity contribution in [3.05, 3.63) is 106 Å². The van der Waals surface area contributed by atoms with Crippen molar-refractivity contribution in [2.75, 3.05) is 0 Å². The number of aryl methyl sites for hydroxylation is 2. The number of halogens is 2. The van der Waals surface area contributed by atoms with Crippen LogP contribution in [0.1, 0.15) is 11.1 Å². The van der Waals surface area contributed by atoms with Crippen LogP contribution >= 0.6 is 35.0 Å². The lowest BCUT2D eigenvalue weighted by Gasteiger charge is -2.15. The maximum absolute atomic E-state index is 12.9. The quantitative estimate of drug-likeness (QED) is 0.198. The van der Waals surface area contributed by atoms with Crippen LogP contribution in [0.3, 0.4) is 0 Å². The van der Waals surface area contributed by atoms with Gasteiger partial charge in [0, 0.05) is 10.0 Å². The van der Waals surface area contributed by atoms with E-state index in [-0.39, 0.29) is 21.3 Å². The molecule has 0 aliphatic rings. The first-order valence-electron chi connectivity index (χ1n) is 10.7. The Bertz CT molecular complexity index is 1530. The van der Waals surface area contributed by atoms with Crippen molar-refractivity contribution in [1.29, 1.82) is 0 Å². The molecule has 11 heteroatoms. The summed E-state index contributed by atoms with van der Waals surface area (Å²) in [5.41, 5.74) is 1.80. The Kier molecular flexibility index (Phi) is 8.11. The highest BCUT2D eigenvalue weighted by Gasteiger charge is 2.22. The predicted octanol–water partition coefficient (Wildman–Crippen LogP) is 7.30. The summed E-state index contributed by atoms with van der Waals surface area (Å²) < 4.78 is 62.5. The Morgan fingerprint density at radius 3 is 1.27 bits per heavy atom. The number of benzene rings is 4. The van der Waals surface area contributed by atoms with Crippen molar-refractivity contribution < 1.29 is 25.2 Å². The van der Waals surface area contributed by atoms with Crippen LogP contribution in [0.5, 0.6) is 11.5 Å². The molecule has 192 valence electrons. The van der Waals surface area contributed by atoms with Crippen LogP contribution < -0.4 is 8.37 Å². The Hall–Kier alpha value is -2.69. The molecule has 0 spiro atoms. The fraction of sp³-hybridized carbons (Fsp3) is 0.0769. The van der Waals surface area contributed by atoms with Crippen molar-refractivity contribution >= 4 is 55.2 Å². The minimum absolute atomic E-state index is 0.00212. The molecule has 0 bridgehead atoms. The molecule has 0 radical (unpaired) electrons. The molecule has 37 heavy (non-hydrogen) atoms. The van der Waals surface area contributed by atoms with Gasteiger partial charge in [-0.1, -0.05) is 70.4 Å².